The van der Waals surface area contributed by atoms with Crippen molar-refractivity contribution in [2.75, 3.05) is 33.4 Å². The summed E-state index contributed by atoms with van der Waals surface area (Å²) in [5, 5.41) is 0.674. The number of likely N-dealkylation sites (tertiary alicyclic amines) is 1. The van der Waals surface area contributed by atoms with Crippen LogP contribution in [-0.4, -0.2) is 53.9 Å². The molecule has 2 aromatic carbocycles. The van der Waals surface area contributed by atoms with Gasteiger partial charge in [-0.1, -0.05) is 23.7 Å². The normalized spacial score (nSPS) is 16.0. The summed E-state index contributed by atoms with van der Waals surface area (Å²) >= 11 is 7.43. The van der Waals surface area contributed by atoms with Crippen molar-refractivity contribution in [3.63, 3.8) is 0 Å². The van der Waals surface area contributed by atoms with Crippen molar-refractivity contribution in [1.29, 1.82) is 0 Å². The number of hydrogen-bond donors (Lipinski definition) is 0. The molecule has 1 aliphatic rings. The van der Waals surface area contributed by atoms with Gasteiger partial charge in [-0.15, -0.1) is 11.3 Å². The maximum Gasteiger partial charge on any atom is 0.275 e. The zero-order chi connectivity index (χ0) is 25.1. The standard InChI is InChI=1S/C26H27ClN3O4PS/c1-32-23-13-19(7-8-22(23)33-12-2-10-29-11-9-20(15-29)34-35)30-16-28-21-14-24(36-25(21)26(30)31)17-3-5-18(27)6-4-17/h3-8,13-14,16,20H,2,9-12,15,35H2,1H3/t20-/m1/s1. The third kappa shape index (κ3) is 5.43. The highest BCUT2D eigenvalue weighted by Gasteiger charge is 2.21. The van der Waals surface area contributed by atoms with E-state index in [0.29, 0.717) is 45.1 Å². The number of hydrogen-bond acceptors (Lipinski definition) is 7. The number of nitrogens with zero attached hydrogens (tertiary/aromatic N) is 3. The van der Waals surface area contributed by atoms with Gasteiger partial charge in [-0.2, -0.15) is 0 Å². The zero-order valence-electron chi connectivity index (χ0n) is 19.9. The lowest BCUT2D eigenvalue weighted by molar-refractivity contribution is 0.218. The van der Waals surface area contributed by atoms with Crippen LogP contribution in [0.1, 0.15) is 12.8 Å². The van der Waals surface area contributed by atoms with Crippen LogP contribution in [0.2, 0.25) is 5.02 Å². The van der Waals surface area contributed by atoms with Crippen LogP contribution in [0.5, 0.6) is 11.5 Å². The SMILES string of the molecule is COc1cc(-n2cnc3cc(-c4ccc(Cl)cc4)sc3c2=O)ccc1OCCCN1CC[C@@H](OP)C1. The molecule has 4 aromatic rings. The number of halogens is 1. The van der Waals surface area contributed by atoms with E-state index in [2.05, 4.69) is 19.4 Å². The van der Waals surface area contributed by atoms with Gasteiger partial charge in [-0.25, -0.2) is 4.98 Å². The van der Waals surface area contributed by atoms with Crippen molar-refractivity contribution in [2.45, 2.75) is 18.9 Å². The second kappa shape index (κ2) is 11.3. The molecule has 10 heteroatoms. The number of methoxy groups -OCH3 is 1. The first-order chi connectivity index (χ1) is 17.6. The minimum absolute atomic E-state index is 0.126. The molecule has 1 unspecified atom stereocenters. The van der Waals surface area contributed by atoms with Gasteiger partial charge in [0.05, 0.1) is 31.0 Å². The maximum absolute atomic E-state index is 13.3. The third-order valence-corrected chi connectivity index (χ3v) is 8.09. The quantitative estimate of drug-likeness (QED) is 0.207. The lowest BCUT2D eigenvalue weighted by Crippen LogP contribution is -2.24. The molecule has 7 nitrogen and oxygen atoms in total. The predicted molar refractivity (Wildman–Crippen MR) is 148 cm³/mol. The van der Waals surface area contributed by atoms with E-state index in [-0.39, 0.29) is 5.56 Å². The van der Waals surface area contributed by atoms with Gasteiger partial charge in [0.25, 0.3) is 5.56 Å². The largest absolute Gasteiger partial charge is 0.493 e. The van der Waals surface area contributed by atoms with Gasteiger partial charge in [-0.05, 0) is 48.7 Å². The molecule has 0 amide bonds. The minimum Gasteiger partial charge on any atom is -0.493 e. The number of aromatic nitrogens is 2. The van der Waals surface area contributed by atoms with Crippen LogP contribution in [0.15, 0.2) is 59.7 Å². The van der Waals surface area contributed by atoms with E-state index in [1.54, 1.807) is 19.5 Å². The Morgan fingerprint density at radius 3 is 2.75 bits per heavy atom. The molecule has 5 rings (SSSR count). The number of thiophene rings is 1. The van der Waals surface area contributed by atoms with Crippen LogP contribution in [0.3, 0.4) is 0 Å². The third-order valence-electron chi connectivity index (χ3n) is 6.29. The van der Waals surface area contributed by atoms with Crippen LogP contribution in [0, 0.1) is 0 Å². The Balaban J connectivity index is 1.31. The first-order valence-electron chi connectivity index (χ1n) is 11.7. The highest BCUT2D eigenvalue weighted by atomic mass is 35.5. The van der Waals surface area contributed by atoms with Gasteiger partial charge in [0.1, 0.15) is 11.0 Å². The zero-order valence-corrected chi connectivity index (χ0v) is 22.6. The lowest BCUT2D eigenvalue weighted by atomic mass is 10.2. The summed E-state index contributed by atoms with van der Waals surface area (Å²) in [6.07, 6.45) is 3.83. The van der Waals surface area contributed by atoms with E-state index in [9.17, 15) is 4.79 Å². The Kier molecular flexibility index (Phi) is 7.89. The Hall–Kier alpha value is -2.48. The van der Waals surface area contributed by atoms with E-state index in [0.717, 1.165) is 42.9 Å². The number of rotatable bonds is 9. The molecule has 0 N–H and O–H groups in total. The van der Waals surface area contributed by atoms with Crippen LogP contribution in [0.25, 0.3) is 26.3 Å². The van der Waals surface area contributed by atoms with Gasteiger partial charge >= 0.3 is 0 Å². The summed E-state index contributed by atoms with van der Waals surface area (Å²) < 4.78 is 19.0. The maximum atomic E-state index is 13.3. The smallest absolute Gasteiger partial charge is 0.275 e. The van der Waals surface area contributed by atoms with Crippen molar-refractivity contribution >= 4 is 42.6 Å². The fourth-order valence-corrected chi connectivity index (χ4v) is 5.75. The first-order valence-corrected chi connectivity index (χ1v) is 13.4. The molecule has 36 heavy (non-hydrogen) atoms. The highest BCUT2D eigenvalue weighted by Crippen LogP contribution is 2.33. The summed E-state index contributed by atoms with van der Waals surface area (Å²) in [6.45, 7) is 3.55. The number of benzene rings is 2. The van der Waals surface area contributed by atoms with Crippen LogP contribution in [0.4, 0.5) is 0 Å². The molecule has 0 spiro atoms. The second-order valence-corrected chi connectivity index (χ2v) is 10.4. The molecule has 1 aliphatic heterocycles. The molecule has 0 saturated carbocycles. The molecule has 0 bridgehead atoms. The van der Waals surface area contributed by atoms with Gasteiger partial charge in [0.15, 0.2) is 11.5 Å². The fraction of sp³-hybridized carbons (Fsp3) is 0.308. The van der Waals surface area contributed by atoms with Gasteiger partial charge in [0, 0.05) is 45.1 Å². The molecule has 1 fully saturated rings. The monoisotopic (exact) mass is 543 g/mol. The fourth-order valence-electron chi connectivity index (χ4n) is 4.36. The van der Waals surface area contributed by atoms with Crippen molar-refractivity contribution in [3.05, 3.63) is 70.2 Å². The van der Waals surface area contributed by atoms with E-state index in [4.69, 9.17) is 25.6 Å². The molecule has 1 saturated heterocycles. The second-order valence-electron chi connectivity index (χ2n) is 8.64. The van der Waals surface area contributed by atoms with E-state index in [1.807, 2.05) is 42.5 Å². The average Bonchev–Trinajstić information content (AvgIpc) is 3.55. The molecule has 188 valence electrons. The predicted octanol–water partition coefficient (Wildman–Crippen LogP) is 5.43. The van der Waals surface area contributed by atoms with Crippen LogP contribution < -0.4 is 15.0 Å². The lowest BCUT2D eigenvalue weighted by Gasteiger charge is -2.16. The van der Waals surface area contributed by atoms with Crippen molar-refractivity contribution in [3.8, 4) is 27.6 Å². The summed E-state index contributed by atoms with van der Waals surface area (Å²) in [6, 6.07) is 15.0. The van der Waals surface area contributed by atoms with Gasteiger partial charge in [0.2, 0.25) is 0 Å². The van der Waals surface area contributed by atoms with Crippen molar-refractivity contribution in [2.24, 2.45) is 0 Å². The average molecular weight is 544 g/mol. The number of ether oxygens (including phenoxy) is 2. The molecule has 3 heterocycles. The Morgan fingerprint density at radius 2 is 2.00 bits per heavy atom. The van der Waals surface area contributed by atoms with Gasteiger partial charge < -0.3 is 18.9 Å². The van der Waals surface area contributed by atoms with E-state index in [1.165, 1.54) is 15.9 Å². The summed E-state index contributed by atoms with van der Waals surface area (Å²) in [7, 11) is 3.96. The molecular formula is C26H27ClN3O4PS. The van der Waals surface area contributed by atoms with Crippen LogP contribution in [-0.2, 0) is 4.52 Å². The highest BCUT2D eigenvalue weighted by molar-refractivity contribution is 7.22. The molecule has 0 aliphatic carbocycles. The molecule has 2 aromatic heterocycles. The van der Waals surface area contributed by atoms with Crippen molar-refractivity contribution < 1.29 is 14.0 Å². The van der Waals surface area contributed by atoms with Crippen LogP contribution >= 0.6 is 32.4 Å². The Labute approximate surface area is 220 Å². The minimum atomic E-state index is -0.126. The summed E-state index contributed by atoms with van der Waals surface area (Å²) in [4.78, 5) is 21.2. The number of fused-ring (bicyclic) bond motifs is 1. The summed E-state index contributed by atoms with van der Waals surface area (Å²) in [5.41, 5.74) is 2.21. The van der Waals surface area contributed by atoms with E-state index >= 15 is 0 Å². The van der Waals surface area contributed by atoms with Gasteiger partial charge in [-0.3, -0.25) is 9.36 Å². The molecule has 0 radical (unpaired) electrons. The topological polar surface area (TPSA) is 65.8 Å². The summed E-state index contributed by atoms with van der Waals surface area (Å²) in [5.74, 6) is 1.22. The molecular weight excluding hydrogens is 517 g/mol. The molecule has 2 atom stereocenters. The van der Waals surface area contributed by atoms with E-state index < -0.39 is 0 Å². The Morgan fingerprint density at radius 1 is 1.17 bits per heavy atom. The van der Waals surface area contributed by atoms with Crippen molar-refractivity contribution in [1.82, 2.24) is 14.5 Å². The first kappa shape index (κ1) is 25.2. The Bertz CT molecular complexity index is 1410.